The van der Waals surface area contributed by atoms with Gasteiger partial charge in [0.25, 0.3) is 5.56 Å². The number of halogens is 3. The van der Waals surface area contributed by atoms with Gasteiger partial charge in [0.05, 0.1) is 6.10 Å². The van der Waals surface area contributed by atoms with Crippen molar-refractivity contribution >= 4 is 6.09 Å². The minimum atomic E-state index is -4.96. The Kier molecular flexibility index (Phi) is 4.99. The maximum atomic E-state index is 12.8. The molecule has 1 saturated heterocycles. The number of aromatic amines is 1. The second-order valence-corrected chi connectivity index (χ2v) is 4.99. The summed E-state index contributed by atoms with van der Waals surface area (Å²) in [5.41, 5.74) is -4.25. The molecule has 9 nitrogen and oxygen atoms in total. The summed E-state index contributed by atoms with van der Waals surface area (Å²) in [6, 6.07) is 0. The average Bonchev–Trinajstić information content (AvgIpc) is 2.84. The summed E-state index contributed by atoms with van der Waals surface area (Å²) in [5.74, 6) is 0. The first-order valence-corrected chi connectivity index (χ1v) is 6.74. The number of carbonyl (C=O) groups is 1. The van der Waals surface area contributed by atoms with Gasteiger partial charge in [0, 0.05) is 19.7 Å². The lowest BCUT2D eigenvalue weighted by Crippen LogP contribution is -2.36. The van der Waals surface area contributed by atoms with Crippen molar-refractivity contribution in [2.45, 2.75) is 31.0 Å². The second-order valence-electron chi connectivity index (χ2n) is 4.99. The van der Waals surface area contributed by atoms with E-state index in [2.05, 4.69) is 5.32 Å². The van der Waals surface area contributed by atoms with Gasteiger partial charge in [-0.15, -0.1) is 0 Å². The summed E-state index contributed by atoms with van der Waals surface area (Å²) in [6.45, 7) is -0.360. The minimum Gasteiger partial charge on any atom is -0.447 e. The molecule has 2 rings (SSSR count). The summed E-state index contributed by atoms with van der Waals surface area (Å²) < 4.78 is 48.8. The van der Waals surface area contributed by atoms with E-state index in [0.717, 1.165) is 0 Å². The Bertz CT molecular complexity index is 728. The number of nitrogens with one attached hydrogen (secondary N) is 2. The lowest BCUT2D eigenvalue weighted by molar-refractivity contribution is -0.139. The summed E-state index contributed by atoms with van der Waals surface area (Å²) in [7, 11) is 1.32. The molecular formula is C12H14F3N3O6. The van der Waals surface area contributed by atoms with Crippen molar-refractivity contribution in [2.24, 2.45) is 0 Å². The Balaban J connectivity index is 2.22. The smallest absolute Gasteiger partial charge is 0.423 e. The van der Waals surface area contributed by atoms with E-state index in [4.69, 9.17) is 9.47 Å². The average molecular weight is 353 g/mol. The zero-order valence-corrected chi connectivity index (χ0v) is 12.3. The lowest BCUT2D eigenvalue weighted by Gasteiger charge is -2.17. The molecule has 0 aliphatic carbocycles. The number of hydrogen-bond acceptors (Lipinski definition) is 6. The van der Waals surface area contributed by atoms with Crippen LogP contribution < -0.4 is 16.6 Å². The number of alkyl halides is 3. The SMILES string of the molecule is CNC(=O)OC[C@@H]1O[C@H](n2cc(C(F)(F)F)c(=O)[nH]c2=O)CC1O. The van der Waals surface area contributed by atoms with Crippen LogP contribution in [0.25, 0.3) is 0 Å². The van der Waals surface area contributed by atoms with Crippen LogP contribution in [0.4, 0.5) is 18.0 Å². The number of carbonyl (C=O) groups excluding carboxylic acids is 1. The molecule has 0 aromatic carbocycles. The predicted molar refractivity (Wildman–Crippen MR) is 71.3 cm³/mol. The van der Waals surface area contributed by atoms with Gasteiger partial charge >= 0.3 is 18.0 Å². The number of amides is 1. The first-order chi connectivity index (χ1) is 11.1. The molecule has 0 saturated carbocycles. The molecule has 1 fully saturated rings. The van der Waals surface area contributed by atoms with E-state index in [9.17, 15) is 32.7 Å². The molecule has 0 bridgehead atoms. The van der Waals surface area contributed by atoms with Crippen LogP contribution in [-0.2, 0) is 15.7 Å². The quantitative estimate of drug-likeness (QED) is 0.677. The Morgan fingerprint density at radius 2 is 2.21 bits per heavy atom. The van der Waals surface area contributed by atoms with Gasteiger partial charge in [-0.2, -0.15) is 13.2 Å². The van der Waals surface area contributed by atoms with Crippen molar-refractivity contribution < 1.29 is 32.5 Å². The van der Waals surface area contributed by atoms with E-state index in [1.165, 1.54) is 7.05 Å². The monoisotopic (exact) mass is 353 g/mol. The van der Waals surface area contributed by atoms with Gasteiger partial charge in [0.2, 0.25) is 0 Å². The van der Waals surface area contributed by atoms with Crippen molar-refractivity contribution in [3.8, 4) is 0 Å². The number of aliphatic hydroxyl groups is 1. The lowest BCUT2D eigenvalue weighted by atomic mass is 10.2. The summed E-state index contributed by atoms with van der Waals surface area (Å²) in [6.07, 6.45) is -9.07. The normalized spacial score (nSPS) is 24.0. The van der Waals surface area contributed by atoms with Crippen LogP contribution in [0.5, 0.6) is 0 Å². The molecule has 3 N–H and O–H groups in total. The number of hydrogen-bond donors (Lipinski definition) is 3. The highest BCUT2D eigenvalue weighted by molar-refractivity contribution is 5.66. The Morgan fingerprint density at radius 1 is 1.54 bits per heavy atom. The molecule has 12 heteroatoms. The van der Waals surface area contributed by atoms with Gasteiger partial charge in [0.15, 0.2) is 0 Å². The highest BCUT2D eigenvalue weighted by atomic mass is 19.4. The molecule has 1 aromatic heterocycles. The molecule has 1 aliphatic heterocycles. The van der Waals surface area contributed by atoms with Gasteiger partial charge in [-0.25, -0.2) is 9.59 Å². The number of ether oxygens (including phenoxy) is 2. The second kappa shape index (κ2) is 6.65. The van der Waals surface area contributed by atoms with Gasteiger partial charge in [-0.05, 0) is 0 Å². The van der Waals surface area contributed by atoms with E-state index >= 15 is 0 Å². The fraction of sp³-hybridized carbons (Fsp3) is 0.583. The zero-order chi connectivity index (χ0) is 18.1. The summed E-state index contributed by atoms with van der Waals surface area (Å²) in [5, 5.41) is 12.0. The number of aromatic nitrogens is 2. The molecule has 24 heavy (non-hydrogen) atoms. The molecule has 0 radical (unpaired) electrons. The van der Waals surface area contributed by atoms with Crippen LogP contribution in [0, 0.1) is 0 Å². The number of rotatable bonds is 3. The van der Waals surface area contributed by atoms with Crippen molar-refractivity contribution in [1.82, 2.24) is 14.9 Å². The van der Waals surface area contributed by atoms with E-state index in [1.807, 2.05) is 0 Å². The third kappa shape index (κ3) is 3.76. The number of nitrogens with zero attached hydrogens (tertiary/aromatic N) is 1. The number of aliphatic hydroxyl groups excluding tert-OH is 1. The van der Waals surface area contributed by atoms with E-state index in [-0.39, 0.29) is 13.0 Å². The maximum absolute atomic E-state index is 12.8. The Labute approximate surface area is 132 Å². The maximum Gasteiger partial charge on any atom is 0.423 e. The van der Waals surface area contributed by atoms with Crippen LogP contribution in [0.1, 0.15) is 18.2 Å². The highest BCUT2D eigenvalue weighted by Gasteiger charge is 2.39. The molecule has 0 spiro atoms. The topological polar surface area (TPSA) is 123 Å². The molecule has 2 heterocycles. The van der Waals surface area contributed by atoms with Gasteiger partial charge in [-0.1, -0.05) is 0 Å². The van der Waals surface area contributed by atoms with Crippen molar-refractivity contribution in [2.75, 3.05) is 13.7 Å². The van der Waals surface area contributed by atoms with Gasteiger partial charge in [-0.3, -0.25) is 14.3 Å². The third-order valence-corrected chi connectivity index (χ3v) is 3.37. The largest absolute Gasteiger partial charge is 0.447 e. The highest BCUT2D eigenvalue weighted by Crippen LogP contribution is 2.30. The summed E-state index contributed by atoms with van der Waals surface area (Å²) in [4.78, 5) is 35.5. The number of alkyl carbamates (subject to hydrolysis) is 1. The van der Waals surface area contributed by atoms with Gasteiger partial charge < -0.3 is 19.9 Å². The fourth-order valence-electron chi connectivity index (χ4n) is 2.17. The van der Waals surface area contributed by atoms with Crippen LogP contribution in [-0.4, -0.2) is 46.6 Å². The zero-order valence-electron chi connectivity index (χ0n) is 12.3. The molecule has 1 aromatic rings. The molecule has 3 atom stereocenters. The summed E-state index contributed by atoms with van der Waals surface area (Å²) >= 11 is 0. The molecule has 1 amide bonds. The molecular weight excluding hydrogens is 339 g/mol. The van der Waals surface area contributed by atoms with E-state index < -0.39 is 47.5 Å². The van der Waals surface area contributed by atoms with E-state index in [1.54, 1.807) is 4.98 Å². The standard InChI is InChI=1S/C12H14F3N3O6/c1-16-11(22)23-4-7-6(19)2-8(24-7)18-3-5(12(13,14)15)9(20)17-10(18)21/h3,6-8,19H,2,4H2,1H3,(H,16,22)(H,17,20,21)/t6?,7-,8-/m0/s1. The first-order valence-electron chi connectivity index (χ1n) is 6.74. The van der Waals surface area contributed by atoms with Crippen molar-refractivity contribution in [1.29, 1.82) is 0 Å². The number of H-pyrrole nitrogens is 1. The minimum absolute atomic E-state index is 0.217. The van der Waals surface area contributed by atoms with Crippen LogP contribution >= 0.6 is 0 Å². The predicted octanol–water partition coefficient (Wildman–Crippen LogP) is -0.440. The van der Waals surface area contributed by atoms with Gasteiger partial charge in [0.1, 0.15) is 24.5 Å². The van der Waals surface area contributed by atoms with Crippen LogP contribution in [0.15, 0.2) is 15.8 Å². The molecule has 1 unspecified atom stereocenters. The molecule has 1 aliphatic rings. The fourth-order valence-corrected chi connectivity index (χ4v) is 2.17. The van der Waals surface area contributed by atoms with Crippen molar-refractivity contribution in [3.63, 3.8) is 0 Å². The Morgan fingerprint density at radius 3 is 2.79 bits per heavy atom. The van der Waals surface area contributed by atoms with Crippen molar-refractivity contribution in [3.05, 3.63) is 32.6 Å². The molecule has 134 valence electrons. The van der Waals surface area contributed by atoms with E-state index in [0.29, 0.717) is 10.8 Å². The van der Waals surface area contributed by atoms with Crippen LogP contribution in [0.3, 0.4) is 0 Å². The third-order valence-electron chi connectivity index (χ3n) is 3.37. The first kappa shape index (κ1) is 18.0. The Hall–Kier alpha value is -2.34. The van der Waals surface area contributed by atoms with Crippen LogP contribution in [0.2, 0.25) is 0 Å².